The molecule has 4 heterocycles. The van der Waals surface area contributed by atoms with Gasteiger partial charge in [0.1, 0.15) is 10.7 Å². The van der Waals surface area contributed by atoms with E-state index >= 15 is 0 Å². The summed E-state index contributed by atoms with van der Waals surface area (Å²) in [5.74, 6) is -0.675. The van der Waals surface area contributed by atoms with E-state index in [1.165, 1.54) is 6.07 Å². The van der Waals surface area contributed by atoms with Crippen LogP contribution in [0.15, 0.2) is 29.6 Å². The third-order valence-electron chi connectivity index (χ3n) is 4.83. The molecular weight excluding hydrogens is 341 g/mol. The van der Waals surface area contributed by atoms with Crippen LogP contribution in [-0.2, 0) is 11.3 Å². The Kier molecular flexibility index (Phi) is 4.54. The maximum absolute atomic E-state index is 13.7. The molecule has 0 N–H and O–H groups in total. The van der Waals surface area contributed by atoms with Crippen molar-refractivity contribution in [3.63, 3.8) is 0 Å². The first kappa shape index (κ1) is 16.6. The molecule has 2 saturated heterocycles. The van der Waals surface area contributed by atoms with Crippen molar-refractivity contribution in [3.05, 3.63) is 51.7 Å². The highest BCUT2D eigenvalue weighted by molar-refractivity contribution is 7.12. The zero-order valence-corrected chi connectivity index (χ0v) is 14.8. The van der Waals surface area contributed by atoms with Crippen LogP contribution in [0.5, 0.6) is 0 Å². The first-order chi connectivity index (χ1) is 12.1. The first-order valence-corrected chi connectivity index (χ1v) is 9.30. The number of halogens is 1. The van der Waals surface area contributed by atoms with Crippen molar-refractivity contribution in [2.75, 3.05) is 26.2 Å². The normalized spacial score (nSPS) is 23.7. The SMILES string of the molecule is Cc1cccc(CN2CCO[C@H]3CN(C(=O)c4sccc4F)C[C@@H]32)n1. The molecule has 2 atom stereocenters. The highest BCUT2D eigenvalue weighted by Crippen LogP contribution is 2.27. The number of pyridine rings is 1. The van der Waals surface area contributed by atoms with Crippen molar-refractivity contribution in [1.29, 1.82) is 0 Å². The van der Waals surface area contributed by atoms with E-state index in [1.807, 2.05) is 25.1 Å². The summed E-state index contributed by atoms with van der Waals surface area (Å²) in [5, 5.41) is 1.61. The maximum Gasteiger partial charge on any atom is 0.267 e. The number of rotatable bonds is 3. The molecule has 2 fully saturated rings. The number of ether oxygens (including phenoxy) is 1. The van der Waals surface area contributed by atoms with E-state index in [1.54, 1.807) is 10.3 Å². The Bertz CT molecular complexity index is 781. The molecule has 2 aliphatic heterocycles. The third kappa shape index (κ3) is 3.31. The summed E-state index contributed by atoms with van der Waals surface area (Å²) in [6.07, 6.45) is -0.0227. The van der Waals surface area contributed by atoms with E-state index in [-0.39, 0.29) is 22.9 Å². The van der Waals surface area contributed by atoms with Crippen LogP contribution in [0, 0.1) is 12.7 Å². The van der Waals surface area contributed by atoms with E-state index in [0.717, 1.165) is 35.8 Å². The highest BCUT2D eigenvalue weighted by Gasteiger charge is 2.42. The van der Waals surface area contributed by atoms with Crippen LogP contribution >= 0.6 is 11.3 Å². The molecule has 0 aliphatic carbocycles. The van der Waals surface area contributed by atoms with Gasteiger partial charge in [0.05, 0.1) is 24.4 Å². The number of hydrogen-bond donors (Lipinski definition) is 0. The topological polar surface area (TPSA) is 45.7 Å². The van der Waals surface area contributed by atoms with E-state index in [9.17, 15) is 9.18 Å². The van der Waals surface area contributed by atoms with Crippen molar-refractivity contribution in [3.8, 4) is 0 Å². The summed E-state index contributed by atoms with van der Waals surface area (Å²) in [5.41, 5.74) is 2.02. The average molecular weight is 361 g/mol. The van der Waals surface area contributed by atoms with Crippen LogP contribution < -0.4 is 0 Å². The summed E-state index contributed by atoms with van der Waals surface area (Å²) in [4.78, 5) is 21.4. The number of likely N-dealkylation sites (tertiary alicyclic amines) is 1. The predicted octanol–water partition coefficient (Wildman–Crippen LogP) is 2.32. The number of aromatic nitrogens is 1. The van der Waals surface area contributed by atoms with Crippen LogP contribution in [0.2, 0.25) is 0 Å². The Morgan fingerprint density at radius 2 is 2.28 bits per heavy atom. The molecule has 25 heavy (non-hydrogen) atoms. The lowest BCUT2D eigenvalue weighted by Gasteiger charge is -2.36. The van der Waals surface area contributed by atoms with Gasteiger partial charge in [0.25, 0.3) is 5.91 Å². The Hall–Kier alpha value is -1.83. The minimum absolute atomic E-state index is 0.0227. The highest BCUT2D eigenvalue weighted by atomic mass is 32.1. The molecule has 0 radical (unpaired) electrons. The molecule has 2 aliphatic rings. The van der Waals surface area contributed by atoms with Gasteiger partial charge in [-0.2, -0.15) is 0 Å². The van der Waals surface area contributed by atoms with Crippen LogP contribution in [0.25, 0.3) is 0 Å². The number of nitrogens with zero attached hydrogens (tertiary/aromatic N) is 3. The number of thiophene rings is 1. The van der Waals surface area contributed by atoms with E-state index in [0.29, 0.717) is 19.7 Å². The van der Waals surface area contributed by atoms with Gasteiger partial charge in [-0.05, 0) is 30.5 Å². The van der Waals surface area contributed by atoms with Gasteiger partial charge in [-0.25, -0.2) is 4.39 Å². The molecule has 0 saturated carbocycles. The van der Waals surface area contributed by atoms with E-state index in [2.05, 4.69) is 9.88 Å². The summed E-state index contributed by atoms with van der Waals surface area (Å²) < 4.78 is 19.6. The lowest BCUT2D eigenvalue weighted by Crippen LogP contribution is -2.50. The minimum Gasteiger partial charge on any atom is -0.373 e. The zero-order valence-electron chi connectivity index (χ0n) is 14.0. The number of hydrogen-bond acceptors (Lipinski definition) is 5. The van der Waals surface area contributed by atoms with Crippen molar-refractivity contribution in [2.45, 2.75) is 25.6 Å². The van der Waals surface area contributed by atoms with Crippen LogP contribution in [0.3, 0.4) is 0 Å². The second-order valence-corrected chi connectivity index (χ2v) is 7.44. The third-order valence-corrected chi connectivity index (χ3v) is 5.70. The molecule has 0 spiro atoms. The number of morpholine rings is 1. The monoisotopic (exact) mass is 361 g/mol. The number of aryl methyl sites for hydroxylation is 1. The summed E-state index contributed by atoms with van der Waals surface area (Å²) in [6, 6.07) is 7.49. The fourth-order valence-electron chi connectivity index (χ4n) is 3.61. The Labute approximate surface area is 150 Å². The quantitative estimate of drug-likeness (QED) is 0.842. The maximum atomic E-state index is 13.7. The van der Waals surface area contributed by atoms with Crippen LogP contribution in [-0.4, -0.2) is 59.1 Å². The minimum atomic E-state index is -0.438. The lowest BCUT2D eigenvalue weighted by molar-refractivity contribution is -0.0507. The van der Waals surface area contributed by atoms with E-state index < -0.39 is 5.82 Å². The molecule has 0 bridgehead atoms. The molecule has 4 rings (SSSR count). The Balaban J connectivity index is 1.48. The fraction of sp³-hybridized carbons (Fsp3) is 0.444. The summed E-state index contributed by atoms with van der Waals surface area (Å²) in [7, 11) is 0. The predicted molar refractivity (Wildman–Crippen MR) is 93.1 cm³/mol. The standard InChI is InChI=1S/C18H20FN3O2S/c1-12-3-2-4-13(20-12)9-21-6-7-24-16-11-22(10-15(16)21)18(23)17-14(19)5-8-25-17/h2-5,8,15-16H,6-7,9-11H2,1H3/t15-,16-/m0/s1. The van der Waals surface area contributed by atoms with Crippen LogP contribution in [0.4, 0.5) is 4.39 Å². The zero-order chi connectivity index (χ0) is 17.4. The first-order valence-electron chi connectivity index (χ1n) is 8.42. The largest absolute Gasteiger partial charge is 0.373 e. The van der Waals surface area contributed by atoms with Gasteiger partial charge in [0.15, 0.2) is 0 Å². The van der Waals surface area contributed by atoms with Gasteiger partial charge in [0.2, 0.25) is 0 Å². The van der Waals surface area contributed by atoms with Crippen molar-refractivity contribution >= 4 is 17.2 Å². The summed E-state index contributed by atoms with van der Waals surface area (Å²) >= 11 is 1.15. The molecule has 2 aromatic heterocycles. The molecule has 132 valence electrons. The van der Waals surface area contributed by atoms with Gasteiger partial charge in [-0.3, -0.25) is 14.7 Å². The van der Waals surface area contributed by atoms with Crippen molar-refractivity contribution in [2.24, 2.45) is 0 Å². The lowest BCUT2D eigenvalue weighted by atomic mass is 10.1. The molecule has 0 aromatic carbocycles. The number of fused-ring (bicyclic) bond motifs is 1. The molecule has 1 amide bonds. The average Bonchev–Trinajstić information content (AvgIpc) is 3.21. The van der Waals surface area contributed by atoms with Gasteiger partial charge < -0.3 is 9.64 Å². The fourth-order valence-corrected chi connectivity index (χ4v) is 4.34. The second-order valence-electron chi connectivity index (χ2n) is 6.53. The van der Waals surface area contributed by atoms with Crippen LogP contribution in [0.1, 0.15) is 21.1 Å². The Morgan fingerprint density at radius 3 is 3.04 bits per heavy atom. The molecule has 5 nitrogen and oxygen atoms in total. The molecular formula is C18H20FN3O2S. The summed E-state index contributed by atoms with van der Waals surface area (Å²) in [6.45, 7) is 5.25. The van der Waals surface area contributed by atoms with Gasteiger partial charge >= 0.3 is 0 Å². The van der Waals surface area contributed by atoms with Gasteiger partial charge in [-0.1, -0.05) is 6.07 Å². The molecule has 2 aromatic rings. The van der Waals surface area contributed by atoms with Crippen molar-refractivity contribution < 1.29 is 13.9 Å². The van der Waals surface area contributed by atoms with Crippen molar-refractivity contribution in [1.82, 2.24) is 14.8 Å². The molecule has 0 unspecified atom stereocenters. The Morgan fingerprint density at radius 1 is 1.40 bits per heavy atom. The van der Waals surface area contributed by atoms with E-state index in [4.69, 9.17) is 4.74 Å². The molecule has 7 heteroatoms. The van der Waals surface area contributed by atoms with Gasteiger partial charge in [0, 0.05) is 31.9 Å². The number of carbonyl (C=O) groups excluding carboxylic acids is 1. The van der Waals surface area contributed by atoms with Gasteiger partial charge in [-0.15, -0.1) is 11.3 Å². The number of amides is 1. The number of carbonyl (C=O) groups is 1. The smallest absolute Gasteiger partial charge is 0.267 e. The second kappa shape index (κ2) is 6.82.